The predicted molar refractivity (Wildman–Crippen MR) is 72.1 cm³/mol. The first-order chi connectivity index (χ1) is 8.93. The molecular formula is C12H16N2O4S. The van der Waals surface area contributed by atoms with Gasteiger partial charge < -0.3 is 15.4 Å². The van der Waals surface area contributed by atoms with Crippen LogP contribution in [0.5, 0.6) is 0 Å². The second-order valence-electron chi connectivity index (χ2n) is 4.42. The van der Waals surface area contributed by atoms with Crippen LogP contribution in [0.3, 0.4) is 0 Å². The van der Waals surface area contributed by atoms with Gasteiger partial charge in [-0.3, -0.25) is 4.79 Å². The van der Waals surface area contributed by atoms with Gasteiger partial charge in [0.25, 0.3) is 0 Å². The number of hydrogen-bond acceptors (Lipinski definition) is 5. The molecule has 7 heteroatoms. The first-order valence-electron chi connectivity index (χ1n) is 5.83. The Bertz CT molecular complexity index is 598. The summed E-state index contributed by atoms with van der Waals surface area (Å²) in [4.78, 5) is 12.0. The van der Waals surface area contributed by atoms with Crippen molar-refractivity contribution in [2.45, 2.75) is 17.4 Å². The lowest BCUT2D eigenvalue weighted by Crippen LogP contribution is -2.40. The highest BCUT2D eigenvalue weighted by molar-refractivity contribution is 7.90. The Morgan fingerprint density at radius 3 is 2.74 bits per heavy atom. The summed E-state index contributed by atoms with van der Waals surface area (Å²) < 4.78 is 28.3. The van der Waals surface area contributed by atoms with Gasteiger partial charge in [-0.15, -0.1) is 0 Å². The highest BCUT2D eigenvalue weighted by atomic mass is 32.2. The molecule has 0 fully saturated rings. The zero-order valence-electron chi connectivity index (χ0n) is 10.8. The minimum absolute atomic E-state index is 0.121. The lowest BCUT2D eigenvalue weighted by atomic mass is 10.1. The van der Waals surface area contributed by atoms with Gasteiger partial charge in [-0.1, -0.05) is 6.07 Å². The number of anilines is 2. The molecule has 2 N–H and O–H groups in total. The number of amides is 1. The highest BCUT2D eigenvalue weighted by Gasteiger charge is 2.28. The average molecular weight is 284 g/mol. The summed E-state index contributed by atoms with van der Waals surface area (Å²) in [6, 6.07) is 4.45. The lowest BCUT2D eigenvalue weighted by molar-refractivity contribution is -0.117. The van der Waals surface area contributed by atoms with Crippen molar-refractivity contribution in [1.82, 2.24) is 0 Å². The Morgan fingerprint density at radius 1 is 1.37 bits per heavy atom. The molecule has 0 radical (unpaired) electrons. The van der Waals surface area contributed by atoms with E-state index >= 15 is 0 Å². The molecule has 6 nitrogen and oxygen atoms in total. The van der Waals surface area contributed by atoms with Crippen molar-refractivity contribution < 1.29 is 17.9 Å². The molecule has 2 rings (SSSR count). The van der Waals surface area contributed by atoms with E-state index in [0.29, 0.717) is 24.4 Å². The van der Waals surface area contributed by atoms with Crippen molar-refractivity contribution >= 4 is 27.1 Å². The maximum Gasteiger partial charge on any atom is 0.247 e. The summed E-state index contributed by atoms with van der Waals surface area (Å²) in [6.07, 6.45) is 1.64. The van der Waals surface area contributed by atoms with E-state index < -0.39 is 15.9 Å². The largest absolute Gasteiger partial charge is 0.385 e. The maximum atomic E-state index is 11.9. The monoisotopic (exact) mass is 284 g/mol. The molecule has 1 aromatic rings. The number of benzene rings is 1. The summed E-state index contributed by atoms with van der Waals surface area (Å²) in [7, 11) is -1.82. The zero-order chi connectivity index (χ0) is 14.0. The molecule has 0 aliphatic carbocycles. The van der Waals surface area contributed by atoms with E-state index in [4.69, 9.17) is 4.74 Å². The second-order valence-corrected chi connectivity index (χ2v) is 6.40. The normalized spacial score (nSPS) is 18.4. The quantitative estimate of drug-likeness (QED) is 0.856. The number of carbonyl (C=O) groups is 1. The number of rotatable bonds is 4. The van der Waals surface area contributed by atoms with Crippen molar-refractivity contribution in [3.05, 3.63) is 18.2 Å². The van der Waals surface area contributed by atoms with Gasteiger partial charge in [-0.2, -0.15) is 0 Å². The van der Waals surface area contributed by atoms with E-state index in [1.807, 2.05) is 0 Å². The highest BCUT2D eigenvalue weighted by Crippen LogP contribution is 2.33. The number of hydrogen-bond donors (Lipinski definition) is 2. The standard InChI is InChI=1S/C12H16N2O4S/c1-18-7-6-9-12(15)14-11-8(13-9)4-3-5-10(11)19(2,16)17/h3-5,9,13H,6-7H2,1-2H3,(H,14,15). The number of ether oxygens (including phenoxy) is 1. The van der Waals surface area contributed by atoms with Gasteiger partial charge in [-0.25, -0.2) is 8.42 Å². The summed E-state index contributed by atoms with van der Waals surface area (Å²) in [5, 5.41) is 5.70. The fraction of sp³-hybridized carbons (Fsp3) is 0.417. The minimum atomic E-state index is -3.38. The van der Waals surface area contributed by atoms with Crippen LogP contribution in [0.2, 0.25) is 0 Å². The van der Waals surface area contributed by atoms with Gasteiger partial charge in [0.2, 0.25) is 5.91 Å². The fourth-order valence-corrected chi connectivity index (χ4v) is 2.85. The van der Waals surface area contributed by atoms with Gasteiger partial charge in [0.15, 0.2) is 9.84 Å². The van der Waals surface area contributed by atoms with Gasteiger partial charge in [0.05, 0.1) is 16.3 Å². The Labute approximate surface area is 112 Å². The van der Waals surface area contributed by atoms with Gasteiger partial charge in [0.1, 0.15) is 6.04 Å². The van der Waals surface area contributed by atoms with Gasteiger partial charge in [0, 0.05) is 20.0 Å². The Hall–Kier alpha value is -1.60. The molecule has 1 atom stereocenters. The molecule has 104 valence electrons. The number of carbonyl (C=O) groups excluding carboxylic acids is 1. The summed E-state index contributed by atoms with van der Waals surface area (Å²) in [5.74, 6) is -0.249. The first kappa shape index (κ1) is 13.8. The minimum Gasteiger partial charge on any atom is -0.385 e. The predicted octanol–water partition coefficient (Wildman–Crippen LogP) is 0.859. The molecule has 1 heterocycles. The summed E-state index contributed by atoms with van der Waals surface area (Å²) in [6.45, 7) is 0.451. The Kier molecular flexibility index (Phi) is 3.77. The van der Waals surface area contributed by atoms with E-state index in [9.17, 15) is 13.2 Å². The molecule has 1 unspecified atom stereocenters. The molecule has 0 spiro atoms. The molecule has 1 amide bonds. The van der Waals surface area contributed by atoms with Crippen LogP contribution in [0.4, 0.5) is 11.4 Å². The molecule has 0 aromatic heterocycles. The molecule has 0 saturated carbocycles. The maximum absolute atomic E-state index is 11.9. The van der Waals surface area contributed by atoms with Crippen LogP contribution in [0, 0.1) is 0 Å². The number of nitrogens with one attached hydrogen (secondary N) is 2. The molecule has 0 bridgehead atoms. The molecular weight excluding hydrogens is 268 g/mol. The van der Waals surface area contributed by atoms with Crippen LogP contribution in [0.15, 0.2) is 23.1 Å². The molecule has 1 aromatic carbocycles. The van der Waals surface area contributed by atoms with Crippen molar-refractivity contribution in [2.24, 2.45) is 0 Å². The third kappa shape index (κ3) is 2.87. The van der Waals surface area contributed by atoms with Crippen molar-refractivity contribution in [1.29, 1.82) is 0 Å². The Balaban J connectivity index is 2.35. The van der Waals surface area contributed by atoms with E-state index in [0.717, 1.165) is 6.26 Å². The van der Waals surface area contributed by atoms with Crippen molar-refractivity contribution in [2.75, 3.05) is 30.6 Å². The third-order valence-corrected chi connectivity index (χ3v) is 4.07. The number of sulfone groups is 1. The van der Waals surface area contributed by atoms with Crippen molar-refractivity contribution in [3.63, 3.8) is 0 Å². The van der Waals surface area contributed by atoms with Crippen LogP contribution in [-0.2, 0) is 19.4 Å². The van der Waals surface area contributed by atoms with Crippen LogP contribution in [0.25, 0.3) is 0 Å². The number of fused-ring (bicyclic) bond motifs is 1. The lowest BCUT2D eigenvalue weighted by Gasteiger charge is -2.27. The topological polar surface area (TPSA) is 84.5 Å². The third-order valence-electron chi connectivity index (χ3n) is 2.93. The molecule has 19 heavy (non-hydrogen) atoms. The number of para-hydroxylation sites is 1. The first-order valence-corrected chi connectivity index (χ1v) is 7.72. The van der Waals surface area contributed by atoms with E-state index in [1.165, 1.54) is 6.07 Å². The summed E-state index contributed by atoms with van der Waals surface area (Å²) >= 11 is 0. The molecule has 1 aliphatic heterocycles. The van der Waals surface area contributed by atoms with Crippen molar-refractivity contribution in [3.8, 4) is 0 Å². The van der Waals surface area contributed by atoms with Crippen LogP contribution in [0.1, 0.15) is 6.42 Å². The smallest absolute Gasteiger partial charge is 0.247 e. The SMILES string of the molecule is COCCC1Nc2cccc(S(C)(=O)=O)c2NC1=O. The van der Waals surface area contributed by atoms with Crippen LogP contribution >= 0.6 is 0 Å². The molecule has 1 aliphatic rings. The fourth-order valence-electron chi connectivity index (χ4n) is 1.99. The van der Waals surface area contributed by atoms with Gasteiger partial charge in [-0.05, 0) is 18.6 Å². The van der Waals surface area contributed by atoms with E-state index in [-0.39, 0.29) is 10.8 Å². The van der Waals surface area contributed by atoms with Crippen LogP contribution < -0.4 is 10.6 Å². The second kappa shape index (κ2) is 5.18. The zero-order valence-corrected chi connectivity index (χ0v) is 11.6. The summed E-state index contributed by atoms with van der Waals surface area (Å²) in [5.41, 5.74) is 0.937. The average Bonchev–Trinajstić information content (AvgIpc) is 2.34. The van der Waals surface area contributed by atoms with E-state index in [2.05, 4.69) is 10.6 Å². The van der Waals surface area contributed by atoms with Crippen LogP contribution in [-0.4, -0.2) is 40.3 Å². The number of methoxy groups -OCH3 is 1. The Morgan fingerprint density at radius 2 is 2.11 bits per heavy atom. The van der Waals surface area contributed by atoms with E-state index in [1.54, 1.807) is 19.2 Å². The molecule has 0 saturated heterocycles. The van der Waals surface area contributed by atoms with Gasteiger partial charge >= 0.3 is 0 Å².